The highest BCUT2D eigenvalue weighted by atomic mass is 19.1. The topological polar surface area (TPSA) is 75.5 Å². The number of aryl methyl sites for hydroxylation is 1. The molecule has 1 fully saturated rings. The van der Waals surface area contributed by atoms with Crippen LogP contribution < -0.4 is 4.74 Å². The van der Waals surface area contributed by atoms with Gasteiger partial charge in [0.25, 0.3) is 0 Å². The molecular weight excluding hydrogens is 433 g/mol. The van der Waals surface area contributed by atoms with Gasteiger partial charge >= 0.3 is 5.97 Å². The van der Waals surface area contributed by atoms with E-state index in [9.17, 15) is 9.90 Å². The highest BCUT2D eigenvalue weighted by molar-refractivity contribution is 5.83. The van der Waals surface area contributed by atoms with Crippen molar-refractivity contribution in [2.24, 2.45) is 11.8 Å². The van der Waals surface area contributed by atoms with E-state index in [1.165, 1.54) is 0 Å². The minimum Gasteiger partial charge on any atom is -0.497 e. The van der Waals surface area contributed by atoms with Gasteiger partial charge in [-0.25, -0.2) is 4.39 Å². The monoisotopic (exact) mass is 465 g/mol. The van der Waals surface area contributed by atoms with Crippen molar-refractivity contribution in [2.45, 2.75) is 38.3 Å². The SMILES string of the molecule is COc1ccc2nccc([C@H](F)CC[C@@H]3CCN(CCCc4ccccn4)C[C@@H]3C(=O)O)c2c1. The zero-order chi connectivity index (χ0) is 23.9. The minimum atomic E-state index is -1.18. The molecule has 7 heteroatoms. The fraction of sp³-hybridized carbons (Fsp3) is 0.444. The molecule has 0 amide bonds. The first-order chi connectivity index (χ1) is 16.5. The molecule has 0 saturated carbocycles. The van der Waals surface area contributed by atoms with Gasteiger partial charge in [-0.05, 0) is 93.1 Å². The van der Waals surface area contributed by atoms with E-state index >= 15 is 4.39 Å². The summed E-state index contributed by atoms with van der Waals surface area (Å²) >= 11 is 0. The molecular formula is C27H32FN3O3. The van der Waals surface area contributed by atoms with Gasteiger partial charge in [0.15, 0.2) is 0 Å². The summed E-state index contributed by atoms with van der Waals surface area (Å²) in [5.41, 5.74) is 2.37. The van der Waals surface area contributed by atoms with Crippen molar-refractivity contribution in [2.75, 3.05) is 26.7 Å². The quantitative estimate of drug-likeness (QED) is 0.450. The third-order valence-electron chi connectivity index (χ3n) is 6.90. The summed E-state index contributed by atoms with van der Waals surface area (Å²) in [6.45, 7) is 2.22. The molecule has 3 atom stereocenters. The lowest BCUT2D eigenvalue weighted by Gasteiger charge is -2.36. The van der Waals surface area contributed by atoms with Crippen LogP contribution in [-0.2, 0) is 11.2 Å². The third-order valence-corrected chi connectivity index (χ3v) is 6.90. The number of carbonyl (C=O) groups is 1. The number of nitrogens with zero attached hydrogens (tertiary/aromatic N) is 3. The van der Waals surface area contributed by atoms with Crippen LogP contribution >= 0.6 is 0 Å². The summed E-state index contributed by atoms with van der Waals surface area (Å²) < 4.78 is 20.6. The van der Waals surface area contributed by atoms with Crippen LogP contribution in [0.3, 0.4) is 0 Å². The number of aliphatic carboxylic acids is 1. The maximum Gasteiger partial charge on any atom is 0.308 e. The van der Waals surface area contributed by atoms with Gasteiger partial charge in [-0.2, -0.15) is 0 Å². The van der Waals surface area contributed by atoms with E-state index in [1.807, 2.05) is 36.4 Å². The summed E-state index contributed by atoms with van der Waals surface area (Å²) in [4.78, 5) is 22.9. The predicted octanol–water partition coefficient (Wildman–Crippen LogP) is 5.08. The second kappa shape index (κ2) is 11.4. The maximum atomic E-state index is 15.4. The zero-order valence-corrected chi connectivity index (χ0v) is 19.6. The number of likely N-dealkylation sites (tertiary alicyclic amines) is 1. The van der Waals surface area contributed by atoms with E-state index in [1.54, 1.807) is 25.6 Å². The Morgan fingerprint density at radius 1 is 1.24 bits per heavy atom. The number of hydrogen-bond donors (Lipinski definition) is 1. The number of halogens is 1. The first kappa shape index (κ1) is 24.1. The fourth-order valence-electron chi connectivity index (χ4n) is 4.99. The molecule has 2 aromatic heterocycles. The Hall–Kier alpha value is -3.06. The molecule has 3 aromatic rings. The van der Waals surface area contributed by atoms with E-state index in [0.717, 1.165) is 48.9 Å². The van der Waals surface area contributed by atoms with E-state index in [0.29, 0.717) is 30.7 Å². The second-order valence-corrected chi connectivity index (χ2v) is 9.05. The molecule has 0 radical (unpaired) electrons. The largest absolute Gasteiger partial charge is 0.497 e. The van der Waals surface area contributed by atoms with Gasteiger partial charge in [-0.15, -0.1) is 0 Å². The van der Waals surface area contributed by atoms with Crippen LogP contribution in [0.2, 0.25) is 0 Å². The first-order valence-corrected chi connectivity index (χ1v) is 12.0. The van der Waals surface area contributed by atoms with Gasteiger partial charge < -0.3 is 14.7 Å². The lowest BCUT2D eigenvalue weighted by Crippen LogP contribution is -2.44. The van der Waals surface area contributed by atoms with Gasteiger partial charge in [-0.3, -0.25) is 14.8 Å². The van der Waals surface area contributed by atoms with E-state index in [4.69, 9.17) is 4.74 Å². The van der Waals surface area contributed by atoms with Crippen molar-refractivity contribution in [1.29, 1.82) is 0 Å². The predicted molar refractivity (Wildman–Crippen MR) is 130 cm³/mol. The Morgan fingerprint density at radius 2 is 2.12 bits per heavy atom. The van der Waals surface area contributed by atoms with Gasteiger partial charge in [0.2, 0.25) is 0 Å². The smallest absolute Gasteiger partial charge is 0.308 e. The number of carboxylic acids is 1. The Kier molecular flexibility index (Phi) is 8.06. The highest BCUT2D eigenvalue weighted by Crippen LogP contribution is 2.35. The first-order valence-electron chi connectivity index (χ1n) is 12.0. The van der Waals surface area contributed by atoms with E-state index in [-0.39, 0.29) is 5.92 Å². The number of fused-ring (bicyclic) bond motifs is 1. The molecule has 6 nitrogen and oxygen atoms in total. The molecule has 1 aliphatic rings. The molecule has 0 aliphatic carbocycles. The molecule has 180 valence electrons. The number of methoxy groups -OCH3 is 1. The number of ether oxygens (including phenoxy) is 1. The average molecular weight is 466 g/mol. The number of carboxylic acid groups (broad SMARTS) is 1. The minimum absolute atomic E-state index is 0.0228. The van der Waals surface area contributed by atoms with Crippen LogP contribution in [0.15, 0.2) is 54.9 Å². The molecule has 1 saturated heterocycles. The molecule has 34 heavy (non-hydrogen) atoms. The summed E-state index contributed by atoms with van der Waals surface area (Å²) in [7, 11) is 1.58. The molecule has 1 N–H and O–H groups in total. The van der Waals surface area contributed by atoms with Crippen molar-refractivity contribution >= 4 is 16.9 Å². The maximum absolute atomic E-state index is 15.4. The molecule has 0 bridgehead atoms. The average Bonchev–Trinajstić information content (AvgIpc) is 2.87. The van der Waals surface area contributed by atoms with E-state index in [2.05, 4.69) is 14.9 Å². The summed E-state index contributed by atoms with van der Waals surface area (Å²) in [6, 6.07) is 13.1. The van der Waals surface area contributed by atoms with Crippen LogP contribution in [-0.4, -0.2) is 52.7 Å². The Labute approximate surface area is 199 Å². The lowest BCUT2D eigenvalue weighted by molar-refractivity contribution is -0.146. The van der Waals surface area contributed by atoms with Crippen LogP contribution in [0.25, 0.3) is 10.9 Å². The molecule has 0 unspecified atom stereocenters. The van der Waals surface area contributed by atoms with Crippen molar-refractivity contribution in [1.82, 2.24) is 14.9 Å². The molecule has 3 heterocycles. The van der Waals surface area contributed by atoms with Crippen molar-refractivity contribution in [3.63, 3.8) is 0 Å². The normalized spacial score (nSPS) is 19.7. The highest BCUT2D eigenvalue weighted by Gasteiger charge is 2.34. The molecule has 4 rings (SSSR count). The Bertz CT molecular complexity index is 1090. The van der Waals surface area contributed by atoms with Crippen molar-refractivity contribution in [3.8, 4) is 5.75 Å². The second-order valence-electron chi connectivity index (χ2n) is 9.05. The Morgan fingerprint density at radius 3 is 2.88 bits per heavy atom. The van der Waals surface area contributed by atoms with Crippen LogP contribution in [0.1, 0.15) is 43.1 Å². The zero-order valence-electron chi connectivity index (χ0n) is 19.6. The Balaban J connectivity index is 1.34. The van der Waals surface area contributed by atoms with Gasteiger partial charge in [0, 0.05) is 30.0 Å². The van der Waals surface area contributed by atoms with Crippen LogP contribution in [0, 0.1) is 11.8 Å². The van der Waals surface area contributed by atoms with Crippen LogP contribution in [0.4, 0.5) is 4.39 Å². The van der Waals surface area contributed by atoms with Gasteiger partial charge in [0.05, 0.1) is 18.5 Å². The number of pyridine rings is 2. The number of piperidine rings is 1. The number of aromatic nitrogens is 2. The molecule has 1 aromatic carbocycles. The third kappa shape index (κ3) is 5.89. The number of benzene rings is 1. The van der Waals surface area contributed by atoms with Crippen LogP contribution in [0.5, 0.6) is 5.75 Å². The molecule has 1 aliphatic heterocycles. The standard InChI is InChI=1S/C27H32FN3O3/c1-34-21-8-10-26-23(17-21)22(11-14-30-26)25(28)9-7-19-12-16-31(18-24(19)27(32)33)15-4-6-20-5-2-3-13-29-20/h2-3,5,8,10-11,13-14,17,19,24-25H,4,6-7,9,12,15-16,18H2,1H3,(H,32,33)/t19-,24+,25-/m1/s1. The van der Waals surface area contributed by atoms with Gasteiger partial charge in [-0.1, -0.05) is 6.07 Å². The lowest BCUT2D eigenvalue weighted by atomic mass is 9.81. The van der Waals surface area contributed by atoms with Gasteiger partial charge in [0.1, 0.15) is 11.9 Å². The number of hydrogen-bond acceptors (Lipinski definition) is 5. The summed E-state index contributed by atoms with van der Waals surface area (Å²) in [6.07, 6.45) is 5.69. The molecule has 0 spiro atoms. The van der Waals surface area contributed by atoms with E-state index < -0.39 is 18.1 Å². The van der Waals surface area contributed by atoms with Crippen molar-refractivity contribution < 1.29 is 19.0 Å². The fourth-order valence-corrected chi connectivity index (χ4v) is 4.99. The van der Waals surface area contributed by atoms with Crippen molar-refractivity contribution in [3.05, 3.63) is 66.1 Å². The number of rotatable bonds is 10. The number of alkyl halides is 1. The summed E-state index contributed by atoms with van der Waals surface area (Å²) in [5, 5.41) is 10.6. The summed E-state index contributed by atoms with van der Waals surface area (Å²) in [5.74, 6) is -0.611.